The average molecular weight is 167 g/mol. The molecule has 1 nitrogen and oxygen atoms in total. The standard InChI is InChI=1S/C9H13NS/c1-7-10-6-8-4-2-3-5-9(8)11-7/h2-6H2,1H3. The lowest BCUT2D eigenvalue weighted by Gasteiger charge is -2.22. The van der Waals surface area contributed by atoms with E-state index in [0.29, 0.717) is 0 Å². The Morgan fingerprint density at radius 3 is 3.00 bits per heavy atom. The first-order chi connectivity index (χ1) is 5.36. The van der Waals surface area contributed by atoms with Gasteiger partial charge in [-0.05, 0) is 43.1 Å². The summed E-state index contributed by atoms with van der Waals surface area (Å²) in [5.74, 6) is 0. The fourth-order valence-corrected chi connectivity index (χ4v) is 2.69. The van der Waals surface area contributed by atoms with Crippen LogP contribution in [0.4, 0.5) is 0 Å². The van der Waals surface area contributed by atoms with E-state index in [1.807, 2.05) is 11.8 Å². The third kappa shape index (κ3) is 1.51. The van der Waals surface area contributed by atoms with Gasteiger partial charge >= 0.3 is 0 Å². The van der Waals surface area contributed by atoms with Crippen LogP contribution in [0.15, 0.2) is 15.5 Å². The summed E-state index contributed by atoms with van der Waals surface area (Å²) in [7, 11) is 0. The molecule has 0 aromatic carbocycles. The van der Waals surface area contributed by atoms with Crippen LogP contribution in [0, 0.1) is 0 Å². The molecule has 0 bridgehead atoms. The van der Waals surface area contributed by atoms with Crippen LogP contribution in [0.2, 0.25) is 0 Å². The highest BCUT2D eigenvalue weighted by Gasteiger charge is 2.16. The Balaban J connectivity index is 2.16. The highest BCUT2D eigenvalue weighted by molar-refractivity contribution is 8.17. The predicted molar refractivity (Wildman–Crippen MR) is 51.1 cm³/mol. The van der Waals surface area contributed by atoms with E-state index in [9.17, 15) is 0 Å². The van der Waals surface area contributed by atoms with Crippen LogP contribution >= 0.6 is 11.8 Å². The van der Waals surface area contributed by atoms with Crippen molar-refractivity contribution in [2.45, 2.75) is 32.6 Å². The van der Waals surface area contributed by atoms with E-state index < -0.39 is 0 Å². The van der Waals surface area contributed by atoms with Crippen molar-refractivity contribution < 1.29 is 0 Å². The fourth-order valence-electron chi connectivity index (χ4n) is 1.65. The molecule has 1 aliphatic heterocycles. The largest absolute Gasteiger partial charge is 0.278 e. The molecule has 0 N–H and O–H groups in total. The van der Waals surface area contributed by atoms with Crippen molar-refractivity contribution in [3.05, 3.63) is 10.5 Å². The molecule has 1 aliphatic carbocycles. The Kier molecular flexibility index (Phi) is 2.03. The van der Waals surface area contributed by atoms with Gasteiger partial charge in [-0.1, -0.05) is 11.8 Å². The second-order valence-corrected chi connectivity index (χ2v) is 4.46. The zero-order valence-electron chi connectivity index (χ0n) is 6.89. The molecule has 0 saturated heterocycles. The predicted octanol–water partition coefficient (Wildman–Crippen LogP) is 2.98. The van der Waals surface area contributed by atoms with E-state index in [-0.39, 0.29) is 0 Å². The average Bonchev–Trinajstić information content (AvgIpc) is 2.04. The zero-order valence-corrected chi connectivity index (χ0v) is 7.71. The Labute approximate surface area is 72.0 Å². The minimum atomic E-state index is 0.994. The molecule has 2 aliphatic rings. The van der Waals surface area contributed by atoms with Crippen LogP contribution in [0.1, 0.15) is 32.6 Å². The highest BCUT2D eigenvalue weighted by Crippen LogP contribution is 2.36. The molecule has 0 amide bonds. The monoisotopic (exact) mass is 167 g/mol. The van der Waals surface area contributed by atoms with Gasteiger partial charge in [0.25, 0.3) is 0 Å². The number of hydrogen-bond acceptors (Lipinski definition) is 2. The van der Waals surface area contributed by atoms with E-state index in [1.54, 1.807) is 10.5 Å². The molecule has 2 heteroatoms. The smallest absolute Gasteiger partial charge is 0.0693 e. The quantitative estimate of drug-likeness (QED) is 0.540. The van der Waals surface area contributed by atoms with Crippen LogP contribution < -0.4 is 0 Å². The second kappa shape index (κ2) is 3.02. The summed E-state index contributed by atoms with van der Waals surface area (Å²) in [4.78, 5) is 6.06. The van der Waals surface area contributed by atoms with Gasteiger partial charge in [0, 0.05) is 0 Å². The lowest BCUT2D eigenvalue weighted by atomic mass is 9.99. The SMILES string of the molecule is CC1=NCC2=C(CCCC2)S1. The van der Waals surface area contributed by atoms with Crippen LogP contribution in [0.3, 0.4) is 0 Å². The molecule has 11 heavy (non-hydrogen) atoms. The van der Waals surface area contributed by atoms with Gasteiger partial charge in [0.15, 0.2) is 0 Å². The van der Waals surface area contributed by atoms with Crippen LogP contribution in [0.5, 0.6) is 0 Å². The maximum Gasteiger partial charge on any atom is 0.0693 e. The number of nitrogens with zero attached hydrogens (tertiary/aromatic N) is 1. The third-order valence-corrected chi connectivity index (χ3v) is 3.45. The number of allylic oxidation sites excluding steroid dienone is 1. The summed E-state index contributed by atoms with van der Waals surface area (Å²) in [6, 6.07) is 0. The summed E-state index contributed by atoms with van der Waals surface area (Å²) < 4.78 is 0. The lowest BCUT2D eigenvalue weighted by Crippen LogP contribution is -2.07. The molecular weight excluding hydrogens is 154 g/mol. The molecule has 0 atom stereocenters. The van der Waals surface area contributed by atoms with Crippen LogP contribution in [-0.2, 0) is 0 Å². The first-order valence-corrected chi connectivity index (χ1v) is 5.08. The van der Waals surface area contributed by atoms with Crippen molar-refractivity contribution in [2.75, 3.05) is 6.54 Å². The summed E-state index contributed by atoms with van der Waals surface area (Å²) >= 11 is 1.90. The summed E-state index contributed by atoms with van der Waals surface area (Å²) in [5, 5.41) is 1.26. The van der Waals surface area contributed by atoms with Crippen LogP contribution in [0.25, 0.3) is 0 Å². The van der Waals surface area contributed by atoms with Gasteiger partial charge in [0.05, 0.1) is 11.6 Å². The Morgan fingerprint density at radius 2 is 2.09 bits per heavy atom. The van der Waals surface area contributed by atoms with E-state index in [4.69, 9.17) is 0 Å². The second-order valence-electron chi connectivity index (χ2n) is 3.17. The van der Waals surface area contributed by atoms with Gasteiger partial charge in [-0.3, -0.25) is 4.99 Å². The van der Waals surface area contributed by atoms with Gasteiger partial charge in [-0.2, -0.15) is 0 Å². The summed E-state index contributed by atoms with van der Waals surface area (Å²) in [6.07, 6.45) is 5.39. The number of aliphatic imine (C=N–C) groups is 1. The Morgan fingerprint density at radius 1 is 1.27 bits per heavy atom. The maximum absolute atomic E-state index is 4.44. The topological polar surface area (TPSA) is 12.4 Å². The Hall–Kier alpha value is -0.240. The molecule has 0 radical (unpaired) electrons. The maximum atomic E-state index is 4.44. The number of hydrogen-bond donors (Lipinski definition) is 0. The zero-order chi connectivity index (χ0) is 7.68. The summed E-state index contributed by atoms with van der Waals surface area (Å²) in [6.45, 7) is 3.11. The first-order valence-electron chi connectivity index (χ1n) is 4.26. The van der Waals surface area contributed by atoms with Gasteiger partial charge in [-0.15, -0.1) is 0 Å². The van der Waals surface area contributed by atoms with Crippen molar-refractivity contribution in [3.8, 4) is 0 Å². The van der Waals surface area contributed by atoms with Crippen molar-refractivity contribution >= 4 is 16.8 Å². The van der Waals surface area contributed by atoms with E-state index in [2.05, 4.69) is 11.9 Å². The van der Waals surface area contributed by atoms with Crippen molar-refractivity contribution in [1.29, 1.82) is 0 Å². The van der Waals surface area contributed by atoms with E-state index in [0.717, 1.165) is 6.54 Å². The first kappa shape index (κ1) is 7.41. The van der Waals surface area contributed by atoms with Gasteiger partial charge < -0.3 is 0 Å². The lowest BCUT2D eigenvalue weighted by molar-refractivity contribution is 0.683. The fraction of sp³-hybridized carbons (Fsp3) is 0.667. The van der Waals surface area contributed by atoms with E-state index in [1.165, 1.54) is 30.7 Å². The molecule has 0 saturated carbocycles. The minimum absolute atomic E-state index is 0.994. The van der Waals surface area contributed by atoms with Crippen molar-refractivity contribution in [3.63, 3.8) is 0 Å². The number of rotatable bonds is 0. The molecule has 0 aromatic heterocycles. The van der Waals surface area contributed by atoms with Gasteiger partial charge in [-0.25, -0.2) is 0 Å². The number of thioether (sulfide) groups is 1. The minimum Gasteiger partial charge on any atom is -0.278 e. The Bertz CT molecular complexity index is 228. The molecule has 2 rings (SSSR count). The highest BCUT2D eigenvalue weighted by atomic mass is 32.2. The normalized spacial score (nSPS) is 24.6. The van der Waals surface area contributed by atoms with Crippen LogP contribution in [-0.4, -0.2) is 11.6 Å². The van der Waals surface area contributed by atoms with Crippen molar-refractivity contribution in [2.24, 2.45) is 4.99 Å². The molecule has 0 fully saturated rings. The molecular formula is C9H13NS. The third-order valence-electron chi connectivity index (χ3n) is 2.29. The van der Waals surface area contributed by atoms with Crippen molar-refractivity contribution in [1.82, 2.24) is 0 Å². The molecule has 0 spiro atoms. The summed E-state index contributed by atoms with van der Waals surface area (Å²) in [5.41, 5.74) is 1.62. The molecule has 0 aromatic rings. The molecule has 0 unspecified atom stereocenters. The van der Waals surface area contributed by atoms with E-state index >= 15 is 0 Å². The van der Waals surface area contributed by atoms with Gasteiger partial charge in [0.1, 0.15) is 0 Å². The molecule has 1 heterocycles. The van der Waals surface area contributed by atoms with Gasteiger partial charge in [0.2, 0.25) is 0 Å². The molecule has 60 valence electrons.